The van der Waals surface area contributed by atoms with Gasteiger partial charge in [-0.05, 0) is 44.0 Å². The molecule has 0 radical (unpaired) electrons. The maximum Gasteiger partial charge on any atom is 0.138 e. The van der Waals surface area contributed by atoms with E-state index in [1.807, 2.05) is 12.1 Å². The Morgan fingerprint density at radius 1 is 0.880 bits per heavy atom. The fourth-order valence-corrected chi connectivity index (χ4v) is 3.98. The SMILES string of the molecule is Cc1nc2ccccc2c(N2CCCC2)c1-c1ccc2cccc-2o1. The predicted octanol–water partition coefficient (Wildman–Crippen LogP) is 5.51. The van der Waals surface area contributed by atoms with Gasteiger partial charge < -0.3 is 9.32 Å². The fraction of sp³-hybridized carbons (Fsp3) is 0.227. The summed E-state index contributed by atoms with van der Waals surface area (Å²) in [6, 6.07) is 18.8. The van der Waals surface area contributed by atoms with Gasteiger partial charge in [-0.15, -0.1) is 0 Å². The van der Waals surface area contributed by atoms with Crippen LogP contribution >= 0.6 is 0 Å². The van der Waals surface area contributed by atoms with Gasteiger partial charge in [0, 0.05) is 24.0 Å². The number of para-hydroxylation sites is 1. The van der Waals surface area contributed by atoms with Gasteiger partial charge in [0.15, 0.2) is 0 Å². The number of aryl methyl sites for hydroxylation is 1. The zero-order chi connectivity index (χ0) is 16.8. The van der Waals surface area contributed by atoms with Crippen LogP contribution in [0.2, 0.25) is 0 Å². The summed E-state index contributed by atoms with van der Waals surface area (Å²) >= 11 is 0. The highest BCUT2D eigenvalue weighted by Crippen LogP contribution is 2.41. The fourth-order valence-electron chi connectivity index (χ4n) is 3.98. The number of nitrogens with zero attached hydrogens (tertiary/aromatic N) is 2. The van der Waals surface area contributed by atoms with E-state index in [0.29, 0.717) is 0 Å². The standard InChI is InChI=1S/C22H20N2O/c1-15-21(20-12-11-16-7-6-10-19(16)25-20)22(24-13-4-5-14-24)17-8-2-3-9-18(17)23-15/h2-3,6-12H,4-5,13-14H2,1H3. The lowest BCUT2D eigenvalue weighted by molar-refractivity contribution is 0.582. The number of hydrogen-bond donors (Lipinski definition) is 0. The van der Waals surface area contributed by atoms with Crippen LogP contribution in [0.4, 0.5) is 5.69 Å². The Balaban J connectivity index is 1.83. The molecule has 0 amide bonds. The minimum atomic E-state index is 0.899. The number of pyridine rings is 1. The summed E-state index contributed by atoms with van der Waals surface area (Å²) in [7, 11) is 0. The Morgan fingerprint density at radius 3 is 2.60 bits per heavy atom. The first-order valence-electron chi connectivity index (χ1n) is 8.94. The molecule has 2 aromatic rings. The molecule has 2 aliphatic heterocycles. The van der Waals surface area contributed by atoms with Crippen molar-refractivity contribution >= 4 is 16.6 Å². The van der Waals surface area contributed by atoms with Crippen LogP contribution in [-0.4, -0.2) is 18.1 Å². The van der Waals surface area contributed by atoms with E-state index < -0.39 is 0 Å². The van der Waals surface area contributed by atoms with Crippen molar-refractivity contribution in [2.24, 2.45) is 0 Å². The molecule has 0 saturated carbocycles. The van der Waals surface area contributed by atoms with Crippen molar-refractivity contribution in [3.63, 3.8) is 0 Å². The second kappa shape index (κ2) is 5.62. The first kappa shape index (κ1) is 14.5. The van der Waals surface area contributed by atoms with Gasteiger partial charge in [0.25, 0.3) is 0 Å². The normalized spacial score (nSPS) is 14.7. The highest BCUT2D eigenvalue weighted by Gasteiger charge is 2.23. The molecule has 25 heavy (non-hydrogen) atoms. The molecule has 5 rings (SSSR count). The number of aromatic nitrogens is 1. The van der Waals surface area contributed by atoms with Gasteiger partial charge in [0.2, 0.25) is 0 Å². The lowest BCUT2D eigenvalue weighted by atomic mass is 10.0. The van der Waals surface area contributed by atoms with E-state index in [-0.39, 0.29) is 0 Å². The van der Waals surface area contributed by atoms with Crippen molar-refractivity contribution in [2.75, 3.05) is 18.0 Å². The van der Waals surface area contributed by atoms with E-state index in [2.05, 4.69) is 54.3 Å². The summed E-state index contributed by atoms with van der Waals surface area (Å²) < 4.78 is 6.25. The van der Waals surface area contributed by atoms with Crippen LogP contribution in [0.5, 0.6) is 0 Å². The third-order valence-corrected chi connectivity index (χ3v) is 5.16. The summed E-state index contributed by atoms with van der Waals surface area (Å²) in [6.07, 6.45) is 2.49. The van der Waals surface area contributed by atoms with Crippen LogP contribution in [0.3, 0.4) is 0 Å². The van der Waals surface area contributed by atoms with Crippen molar-refractivity contribution in [2.45, 2.75) is 19.8 Å². The van der Waals surface area contributed by atoms with Crippen molar-refractivity contribution < 1.29 is 4.42 Å². The Hall–Kier alpha value is -2.81. The molecule has 0 unspecified atom stereocenters. The maximum absolute atomic E-state index is 6.25. The topological polar surface area (TPSA) is 29.3 Å². The molecule has 0 bridgehead atoms. The molecule has 1 aromatic heterocycles. The summed E-state index contributed by atoms with van der Waals surface area (Å²) in [5.41, 5.74) is 5.62. The molecule has 3 heterocycles. The zero-order valence-corrected chi connectivity index (χ0v) is 14.3. The Kier molecular flexibility index (Phi) is 3.27. The predicted molar refractivity (Wildman–Crippen MR) is 102 cm³/mol. The van der Waals surface area contributed by atoms with Crippen LogP contribution < -0.4 is 4.90 Å². The zero-order valence-electron chi connectivity index (χ0n) is 14.3. The molecule has 0 spiro atoms. The molecule has 1 aromatic carbocycles. The highest BCUT2D eigenvalue weighted by atomic mass is 16.3. The van der Waals surface area contributed by atoms with Crippen LogP contribution in [-0.2, 0) is 0 Å². The molecular weight excluding hydrogens is 308 g/mol. The lowest BCUT2D eigenvalue weighted by Gasteiger charge is -2.24. The molecule has 3 nitrogen and oxygen atoms in total. The van der Waals surface area contributed by atoms with Crippen molar-refractivity contribution in [1.29, 1.82) is 0 Å². The number of anilines is 1. The molecule has 3 aliphatic rings. The van der Waals surface area contributed by atoms with Crippen LogP contribution in [0.1, 0.15) is 18.5 Å². The third kappa shape index (κ3) is 2.30. The largest absolute Gasteiger partial charge is 0.456 e. The Morgan fingerprint density at radius 2 is 1.72 bits per heavy atom. The molecule has 3 heteroatoms. The van der Waals surface area contributed by atoms with E-state index >= 15 is 0 Å². The van der Waals surface area contributed by atoms with Gasteiger partial charge in [-0.3, -0.25) is 4.98 Å². The van der Waals surface area contributed by atoms with Gasteiger partial charge >= 0.3 is 0 Å². The second-order valence-electron chi connectivity index (χ2n) is 6.78. The van der Waals surface area contributed by atoms with Crippen LogP contribution in [0.25, 0.3) is 33.6 Å². The van der Waals surface area contributed by atoms with Crippen LogP contribution in [0, 0.1) is 6.92 Å². The quantitative estimate of drug-likeness (QED) is 0.486. The van der Waals surface area contributed by atoms with Gasteiger partial charge in [0.05, 0.1) is 22.5 Å². The number of benzene rings is 1. The molecule has 1 saturated heterocycles. The van der Waals surface area contributed by atoms with Gasteiger partial charge in [-0.2, -0.15) is 0 Å². The first-order valence-corrected chi connectivity index (χ1v) is 8.94. The van der Waals surface area contributed by atoms with E-state index in [1.165, 1.54) is 23.9 Å². The van der Waals surface area contributed by atoms with E-state index in [0.717, 1.165) is 46.9 Å². The average molecular weight is 328 g/mol. The van der Waals surface area contributed by atoms with E-state index in [4.69, 9.17) is 9.40 Å². The minimum Gasteiger partial charge on any atom is -0.456 e. The molecule has 1 fully saturated rings. The summed E-state index contributed by atoms with van der Waals surface area (Å²) in [4.78, 5) is 7.36. The highest BCUT2D eigenvalue weighted by molar-refractivity contribution is 6.00. The second-order valence-corrected chi connectivity index (χ2v) is 6.78. The smallest absolute Gasteiger partial charge is 0.138 e. The van der Waals surface area contributed by atoms with E-state index in [1.54, 1.807) is 0 Å². The molecule has 1 aliphatic carbocycles. The van der Waals surface area contributed by atoms with Crippen molar-refractivity contribution in [3.8, 4) is 22.6 Å². The number of hydrogen-bond acceptors (Lipinski definition) is 3. The monoisotopic (exact) mass is 328 g/mol. The lowest BCUT2D eigenvalue weighted by Crippen LogP contribution is -2.19. The Bertz CT molecular complexity index is 1030. The summed E-state index contributed by atoms with van der Waals surface area (Å²) in [5.74, 6) is 1.83. The van der Waals surface area contributed by atoms with Crippen molar-refractivity contribution in [3.05, 3.63) is 60.3 Å². The van der Waals surface area contributed by atoms with Gasteiger partial charge in [-0.1, -0.05) is 30.3 Å². The molecular formula is C22H20N2O. The number of fused-ring (bicyclic) bond motifs is 2. The number of rotatable bonds is 2. The minimum absolute atomic E-state index is 0.899. The van der Waals surface area contributed by atoms with Crippen LogP contribution in [0.15, 0.2) is 59.0 Å². The Labute approximate surface area is 147 Å². The molecule has 0 atom stereocenters. The van der Waals surface area contributed by atoms with E-state index in [9.17, 15) is 0 Å². The maximum atomic E-state index is 6.25. The molecule has 124 valence electrons. The average Bonchev–Trinajstić information content (AvgIpc) is 3.31. The summed E-state index contributed by atoms with van der Waals surface area (Å²) in [6.45, 7) is 4.28. The van der Waals surface area contributed by atoms with Crippen molar-refractivity contribution in [1.82, 2.24) is 4.98 Å². The third-order valence-electron chi connectivity index (χ3n) is 5.16. The summed E-state index contributed by atoms with van der Waals surface area (Å²) in [5, 5.41) is 1.21. The van der Waals surface area contributed by atoms with Gasteiger partial charge in [0.1, 0.15) is 11.5 Å². The first-order chi connectivity index (χ1) is 12.3. The van der Waals surface area contributed by atoms with Gasteiger partial charge in [-0.25, -0.2) is 0 Å². The molecule has 0 N–H and O–H groups in total.